The molecule has 1 aliphatic carbocycles. The molecule has 1 unspecified atom stereocenters. The Morgan fingerprint density at radius 1 is 1.03 bits per heavy atom. The number of aromatic nitrogens is 2. The van der Waals surface area contributed by atoms with Crippen molar-refractivity contribution in [2.24, 2.45) is 7.05 Å². The Labute approximate surface area is 190 Å². The van der Waals surface area contributed by atoms with E-state index < -0.39 is 19.1 Å². The molecule has 31 heavy (non-hydrogen) atoms. The Kier molecular flexibility index (Phi) is 2.54. The largest absolute Gasteiger partial charge is 0.453 e. The molecule has 3 nitrogen and oxygen atoms in total. The fourth-order valence-electron chi connectivity index (χ4n) is 4.93. The smallest absolute Gasteiger partial charge is 0.216 e. The molecule has 3 aromatic heterocycles. The summed E-state index contributed by atoms with van der Waals surface area (Å²) < 4.78 is 57.4. The van der Waals surface area contributed by atoms with Gasteiger partial charge in [-0.25, -0.2) is 4.57 Å². The number of hydrogen-bond acceptors (Lipinski definition) is 2. The lowest BCUT2D eigenvalue weighted by molar-refractivity contribution is -0.660. The van der Waals surface area contributed by atoms with Gasteiger partial charge in [0.25, 0.3) is 0 Å². The van der Waals surface area contributed by atoms with E-state index in [1.54, 1.807) is 31.5 Å². The average molecular weight is 412 g/mol. The Hall–Kier alpha value is -3.46. The molecule has 0 bridgehead atoms. The van der Waals surface area contributed by atoms with Crippen molar-refractivity contribution in [3.8, 4) is 22.4 Å². The van der Waals surface area contributed by atoms with E-state index in [0.717, 1.165) is 33.2 Å². The van der Waals surface area contributed by atoms with Crippen molar-refractivity contribution in [3.63, 3.8) is 0 Å². The number of rotatable bonds is 1. The minimum Gasteiger partial charge on any atom is -0.453 e. The maximum atomic E-state index is 8.40. The van der Waals surface area contributed by atoms with Gasteiger partial charge in [0, 0.05) is 42.9 Å². The summed E-state index contributed by atoms with van der Waals surface area (Å²) in [5.74, 6) is 0. The van der Waals surface area contributed by atoms with Gasteiger partial charge in [-0.05, 0) is 47.7 Å². The zero-order valence-electron chi connectivity index (χ0n) is 23.6. The second-order valence-electron chi connectivity index (χ2n) is 8.54. The number of nitrogens with zero attached hydrogens (tertiary/aromatic N) is 2. The van der Waals surface area contributed by atoms with Crippen LogP contribution in [0.15, 0.2) is 65.3 Å². The van der Waals surface area contributed by atoms with Gasteiger partial charge in [0.2, 0.25) is 5.69 Å². The fourth-order valence-corrected chi connectivity index (χ4v) is 4.93. The molecule has 5 aromatic rings. The predicted octanol–water partition coefficient (Wildman–Crippen LogP) is 6.40. The lowest BCUT2D eigenvalue weighted by atomic mass is 9.83. The van der Waals surface area contributed by atoms with Crippen LogP contribution in [-0.2, 0) is 12.5 Å². The van der Waals surface area contributed by atoms with Gasteiger partial charge in [-0.15, -0.1) is 0 Å². The van der Waals surface area contributed by atoms with Gasteiger partial charge in [0.15, 0.2) is 17.4 Å². The number of hydrogen-bond donors (Lipinski definition) is 0. The Morgan fingerprint density at radius 2 is 1.90 bits per heavy atom. The van der Waals surface area contributed by atoms with E-state index in [1.807, 2.05) is 54.9 Å². The third kappa shape index (κ3) is 2.35. The molecule has 0 amide bonds. The quantitative estimate of drug-likeness (QED) is 0.299. The number of fused-ring (bicyclic) bond motifs is 7. The molecule has 0 spiro atoms. The van der Waals surface area contributed by atoms with E-state index in [4.69, 9.17) is 17.6 Å². The zero-order valence-corrected chi connectivity index (χ0v) is 17.6. The van der Waals surface area contributed by atoms with Crippen molar-refractivity contribution in [2.75, 3.05) is 0 Å². The van der Waals surface area contributed by atoms with Crippen LogP contribution >= 0.6 is 0 Å². The molecule has 152 valence electrons. The molecule has 6 rings (SSSR count). The normalized spacial score (nSPS) is 21.0. The van der Waals surface area contributed by atoms with Crippen molar-refractivity contribution < 1.29 is 17.2 Å². The summed E-state index contributed by atoms with van der Waals surface area (Å²) in [6, 6.07) is 14.8. The molecule has 2 aromatic carbocycles. The SMILES string of the molecule is [2H]C([2H])([2H])c1cc[n+](C)c(-c2c(C)ccc3c2oc2c4c(cnc23)C(C)(C([2H])([2H])[2H])c2ccccc2-4)c1. The predicted molar refractivity (Wildman–Crippen MR) is 125 cm³/mol. The lowest BCUT2D eigenvalue weighted by Gasteiger charge is -2.20. The molecule has 3 heterocycles. The maximum Gasteiger partial charge on any atom is 0.216 e. The molecule has 0 fully saturated rings. The summed E-state index contributed by atoms with van der Waals surface area (Å²) in [5.41, 5.74) is 6.14. The molecule has 0 N–H and O–H groups in total. The summed E-state index contributed by atoms with van der Waals surface area (Å²) in [7, 11) is 1.87. The second kappa shape index (κ2) is 6.04. The molecule has 3 heteroatoms. The lowest BCUT2D eigenvalue weighted by Crippen LogP contribution is -2.30. The summed E-state index contributed by atoms with van der Waals surface area (Å²) in [6.07, 6.45) is 3.42. The van der Waals surface area contributed by atoms with E-state index in [1.165, 1.54) is 0 Å². The molecule has 0 saturated heterocycles. The van der Waals surface area contributed by atoms with Gasteiger partial charge in [-0.1, -0.05) is 44.1 Å². The van der Waals surface area contributed by atoms with Crippen molar-refractivity contribution in [1.82, 2.24) is 4.98 Å². The van der Waals surface area contributed by atoms with Crippen molar-refractivity contribution in [2.45, 2.75) is 33.0 Å². The van der Waals surface area contributed by atoms with Gasteiger partial charge < -0.3 is 4.42 Å². The first kappa shape index (κ1) is 13.1. The number of furan rings is 1. The first-order valence-corrected chi connectivity index (χ1v) is 10.3. The minimum absolute atomic E-state index is 0.245. The van der Waals surface area contributed by atoms with Crippen LogP contribution in [0.2, 0.25) is 0 Å². The Bertz CT molecular complexity index is 1750. The maximum absolute atomic E-state index is 8.40. The molecule has 1 atom stereocenters. The highest BCUT2D eigenvalue weighted by Crippen LogP contribution is 2.52. The number of aryl methyl sites for hydroxylation is 3. The van der Waals surface area contributed by atoms with Crippen LogP contribution < -0.4 is 4.57 Å². The monoisotopic (exact) mass is 411 g/mol. The minimum atomic E-state index is -2.29. The van der Waals surface area contributed by atoms with Crippen LogP contribution in [0.25, 0.3) is 44.5 Å². The third-order valence-corrected chi connectivity index (χ3v) is 6.54. The summed E-state index contributed by atoms with van der Waals surface area (Å²) in [6.45, 7) is -0.828. The number of benzene rings is 2. The van der Waals surface area contributed by atoms with E-state index in [-0.39, 0.29) is 5.56 Å². The molecule has 0 saturated carbocycles. The standard InChI is InChI=1S/C28H25N2O/c1-16-12-13-30(5)22(14-16)23-17(2)10-11-19-25-27(31-26(19)23)24-18-8-6-7-9-20(18)28(3,4)21(24)15-29-25/h6-15H,1-5H3/q+1/i1D3,3D3. The van der Waals surface area contributed by atoms with Gasteiger partial charge in [-0.2, -0.15) is 0 Å². The van der Waals surface area contributed by atoms with Crippen LogP contribution in [0.1, 0.15) is 44.3 Å². The fraction of sp³-hybridized carbons (Fsp3) is 0.214. The van der Waals surface area contributed by atoms with Crippen LogP contribution in [-0.4, -0.2) is 4.98 Å². The summed E-state index contributed by atoms with van der Waals surface area (Å²) >= 11 is 0. The third-order valence-electron chi connectivity index (χ3n) is 6.54. The average Bonchev–Trinajstić information content (AvgIpc) is 3.33. The molecule has 1 aliphatic rings. The van der Waals surface area contributed by atoms with E-state index in [2.05, 4.69) is 0 Å². The first-order valence-electron chi connectivity index (χ1n) is 13.3. The first-order chi connectivity index (χ1) is 17.3. The van der Waals surface area contributed by atoms with Crippen LogP contribution in [0.4, 0.5) is 0 Å². The molecular weight excluding hydrogens is 380 g/mol. The van der Waals surface area contributed by atoms with E-state index >= 15 is 0 Å². The highest BCUT2D eigenvalue weighted by atomic mass is 16.3. The molecular formula is C28H25N2O+. The highest BCUT2D eigenvalue weighted by Gasteiger charge is 2.38. The van der Waals surface area contributed by atoms with Gasteiger partial charge >= 0.3 is 0 Å². The van der Waals surface area contributed by atoms with Crippen molar-refractivity contribution in [3.05, 3.63) is 83.2 Å². The van der Waals surface area contributed by atoms with Crippen molar-refractivity contribution >= 4 is 22.1 Å². The van der Waals surface area contributed by atoms with Crippen LogP contribution in [0.3, 0.4) is 0 Å². The van der Waals surface area contributed by atoms with Crippen LogP contribution in [0.5, 0.6) is 0 Å². The zero-order chi connectivity index (χ0) is 26.5. The highest BCUT2D eigenvalue weighted by molar-refractivity contribution is 6.12. The second-order valence-corrected chi connectivity index (χ2v) is 8.54. The van der Waals surface area contributed by atoms with E-state index in [0.29, 0.717) is 27.9 Å². The van der Waals surface area contributed by atoms with Crippen LogP contribution in [0, 0.1) is 13.8 Å². The van der Waals surface area contributed by atoms with Gasteiger partial charge in [0.05, 0.1) is 5.56 Å². The van der Waals surface area contributed by atoms with Crippen molar-refractivity contribution in [1.29, 1.82) is 0 Å². The van der Waals surface area contributed by atoms with Gasteiger partial charge in [-0.3, -0.25) is 4.98 Å². The van der Waals surface area contributed by atoms with Gasteiger partial charge in [0.1, 0.15) is 12.6 Å². The summed E-state index contributed by atoms with van der Waals surface area (Å²) in [5, 5.41) is 0.789. The number of pyridine rings is 2. The molecule has 0 aliphatic heterocycles. The summed E-state index contributed by atoms with van der Waals surface area (Å²) in [4.78, 5) is 4.74. The van der Waals surface area contributed by atoms with E-state index in [9.17, 15) is 0 Å². The Morgan fingerprint density at radius 3 is 2.74 bits per heavy atom. The molecule has 0 radical (unpaired) electrons. The topological polar surface area (TPSA) is 29.9 Å². The Balaban J connectivity index is 1.72.